The van der Waals surface area contributed by atoms with Gasteiger partial charge in [0.15, 0.2) is 0 Å². The first kappa shape index (κ1) is 15.2. The molecule has 0 atom stereocenters. The quantitative estimate of drug-likeness (QED) is 0.812. The normalized spacial score (nSPS) is 10.8. The van der Waals surface area contributed by atoms with Crippen LogP contribution in [0.3, 0.4) is 0 Å². The molecule has 1 aromatic carbocycles. The molecule has 0 saturated carbocycles. The molecule has 0 aliphatic heterocycles. The Bertz CT molecular complexity index is 694. The summed E-state index contributed by atoms with van der Waals surface area (Å²) in [5, 5.41) is 3.32. The maximum Gasteiger partial charge on any atom is 0.261 e. The van der Waals surface area contributed by atoms with Gasteiger partial charge in [0.2, 0.25) is 5.91 Å². The third-order valence-corrected chi connectivity index (χ3v) is 3.30. The number of hydrogen-bond donors (Lipinski definition) is 2. The van der Waals surface area contributed by atoms with Crippen molar-refractivity contribution in [3.05, 3.63) is 40.4 Å². The Hall–Kier alpha value is -2.21. The molecule has 0 spiro atoms. The van der Waals surface area contributed by atoms with Crippen LogP contribution in [-0.2, 0) is 11.3 Å². The summed E-state index contributed by atoms with van der Waals surface area (Å²) in [5.74, 6) is 0.626. The van der Waals surface area contributed by atoms with Crippen LogP contribution in [0, 0.1) is 6.92 Å². The molecule has 1 aromatic heterocycles. The van der Waals surface area contributed by atoms with Crippen LogP contribution in [0.4, 0.5) is 0 Å². The molecule has 0 aliphatic carbocycles. The standard InChI is InChI=1S/C15H20N4O2/c1-11-18-13-6-3-2-5-12(13)15(21)19(11)10-4-7-14(20)17-9-8-16/h2-3,5-6H,4,7-10,16H2,1H3,(H,17,20). The van der Waals surface area contributed by atoms with E-state index >= 15 is 0 Å². The zero-order valence-corrected chi connectivity index (χ0v) is 12.1. The molecule has 6 nitrogen and oxygen atoms in total. The molecule has 2 rings (SSSR count). The van der Waals surface area contributed by atoms with E-state index in [1.54, 1.807) is 10.6 Å². The summed E-state index contributed by atoms with van der Waals surface area (Å²) >= 11 is 0. The minimum absolute atomic E-state index is 0.0418. The van der Waals surface area contributed by atoms with Crippen LogP contribution in [-0.4, -0.2) is 28.5 Å². The predicted molar refractivity (Wildman–Crippen MR) is 82.0 cm³/mol. The number of fused-ring (bicyclic) bond motifs is 1. The number of rotatable bonds is 6. The number of aryl methyl sites for hydroxylation is 1. The zero-order valence-electron chi connectivity index (χ0n) is 12.1. The minimum Gasteiger partial charge on any atom is -0.355 e. The summed E-state index contributed by atoms with van der Waals surface area (Å²) in [6.07, 6.45) is 0.968. The van der Waals surface area contributed by atoms with E-state index in [1.807, 2.05) is 25.1 Å². The largest absolute Gasteiger partial charge is 0.355 e. The van der Waals surface area contributed by atoms with E-state index in [0.29, 0.717) is 49.2 Å². The summed E-state index contributed by atoms with van der Waals surface area (Å²) < 4.78 is 1.62. The molecule has 3 N–H and O–H groups in total. The van der Waals surface area contributed by atoms with Gasteiger partial charge in [-0.3, -0.25) is 14.2 Å². The van der Waals surface area contributed by atoms with E-state index in [0.717, 1.165) is 0 Å². The second-order valence-electron chi connectivity index (χ2n) is 4.88. The van der Waals surface area contributed by atoms with Crippen molar-refractivity contribution in [2.75, 3.05) is 13.1 Å². The molecule has 0 aliphatic rings. The monoisotopic (exact) mass is 288 g/mol. The number of carbonyl (C=O) groups is 1. The lowest BCUT2D eigenvalue weighted by Crippen LogP contribution is -2.29. The molecular weight excluding hydrogens is 268 g/mol. The third-order valence-electron chi connectivity index (χ3n) is 3.30. The van der Waals surface area contributed by atoms with E-state index in [4.69, 9.17) is 5.73 Å². The average molecular weight is 288 g/mol. The van der Waals surface area contributed by atoms with Gasteiger partial charge in [0.05, 0.1) is 10.9 Å². The van der Waals surface area contributed by atoms with Gasteiger partial charge in [0.1, 0.15) is 5.82 Å². The first-order valence-electron chi connectivity index (χ1n) is 7.06. The second-order valence-corrected chi connectivity index (χ2v) is 4.88. The van der Waals surface area contributed by atoms with Crippen LogP contribution >= 0.6 is 0 Å². The molecule has 1 heterocycles. The number of para-hydroxylation sites is 1. The van der Waals surface area contributed by atoms with Crippen LogP contribution in [0.1, 0.15) is 18.7 Å². The van der Waals surface area contributed by atoms with E-state index in [-0.39, 0.29) is 11.5 Å². The van der Waals surface area contributed by atoms with Crippen molar-refractivity contribution in [2.45, 2.75) is 26.3 Å². The van der Waals surface area contributed by atoms with Gasteiger partial charge in [-0.15, -0.1) is 0 Å². The Morgan fingerprint density at radius 3 is 2.90 bits per heavy atom. The molecule has 6 heteroatoms. The maximum atomic E-state index is 12.4. The lowest BCUT2D eigenvalue weighted by molar-refractivity contribution is -0.121. The molecule has 0 bridgehead atoms. The fourth-order valence-electron chi connectivity index (χ4n) is 2.24. The van der Waals surface area contributed by atoms with Gasteiger partial charge < -0.3 is 11.1 Å². The third kappa shape index (κ3) is 3.66. The molecule has 112 valence electrons. The number of nitrogens with two attached hydrogens (primary N) is 1. The molecule has 0 saturated heterocycles. The number of carbonyl (C=O) groups excluding carboxylic acids is 1. The van der Waals surface area contributed by atoms with Crippen molar-refractivity contribution < 1.29 is 4.79 Å². The molecular formula is C15H20N4O2. The summed E-state index contributed by atoms with van der Waals surface area (Å²) in [7, 11) is 0. The zero-order chi connectivity index (χ0) is 15.2. The minimum atomic E-state index is -0.0551. The number of nitrogens with zero attached hydrogens (tertiary/aromatic N) is 2. The highest BCUT2D eigenvalue weighted by Gasteiger charge is 2.08. The summed E-state index contributed by atoms with van der Waals surface area (Å²) in [5.41, 5.74) is 5.97. The molecule has 0 unspecified atom stereocenters. The summed E-state index contributed by atoms with van der Waals surface area (Å²) in [4.78, 5) is 28.3. The number of nitrogens with one attached hydrogen (secondary N) is 1. The molecule has 0 fully saturated rings. The van der Waals surface area contributed by atoms with Gasteiger partial charge >= 0.3 is 0 Å². The summed E-state index contributed by atoms with van der Waals surface area (Å²) in [6, 6.07) is 7.29. The van der Waals surface area contributed by atoms with Gasteiger partial charge in [0, 0.05) is 26.1 Å². The number of amides is 1. The lowest BCUT2D eigenvalue weighted by atomic mass is 10.2. The Labute approximate surface area is 123 Å². The lowest BCUT2D eigenvalue weighted by Gasteiger charge is -2.10. The van der Waals surface area contributed by atoms with Gasteiger partial charge in [0.25, 0.3) is 5.56 Å². The number of hydrogen-bond acceptors (Lipinski definition) is 4. The van der Waals surface area contributed by atoms with Crippen molar-refractivity contribution in [3.63, 3.8) is 0 Å². The van der Waals surface area contributed by atoms with Crippen LogP contribution in [0.25, 0.3) is 10.9 Å². The predicted octanol–water partition coefficient (Wildman–Crippen LogP) is 0.560. The first-order valence-corrected chi connectivity index (χ1v) is 7.06. The maximum absolute atomic E-state index is 12.4. The topological polar surface area (TPSA) is 90.0 Å². The highest BCUT2D eigenvalue weighted by molar-refractivity contribution is 5.77. The van der Waals surface area contributed by atoms with Crippen LogP contribution in [0.2, 0.25) is 0 Å². The molecule has 1 amide bonds. The Morgan fingerprint density at radius 1 is 1.38 bits per heavy atom. The van der Waals surface area contributed by atoms with Crippen molar-refractivity contribution >= 4 is 16.8 Å². The van der Waals surface area contributed by atoms with E-state index < -0.39 is 0 Å². The van der Waals surface area contributed by atoms with E-state index in [2.05, 4.69) is 10.3 Å². The van der Waals surface area contributed by atoms with Crippen molar-refractivity contribution in [1.29, 1.82) is 0 Å². The van der Waals surface area contributed by atoms with E-state index in [9.17, 15) is 9.59 Å². The van der Waals surface area contributed by atoms with Gasteiger partial charge in [-0.2, -0.15) is 0 Å². The Kier molecular flexibility index (Phi) is 5.05. The molecule has 21 heavy (non-hydrogen) atoms. The second kappa shape index (κ2) is 6.99. The highest BCUT2D eigenvalue weighted by Crippen LogP contribution is 2.08. The number of benzene rings is 1. The molecule has 0 radical (unpaired) electrons. The van der Waals surface area contributed by atoms with Crippen molar-refractivity contribution in [1.82, 2.24) is 14.9 Å². The fraction of sp³-hybridized carbons (Fsp3) is 0.400. The van der Waals surface area contributed by atoms with Gasteiger partial charge in [-0.25, -0.2) is 4.98 Å². The number of aromatic nitrogens is 2. The van der Waals surface area contributed by atoms with Crippen LogP contribution in [0.5, 0.6) is 0 Å². The Morgan fingerprint density at radius 2 is 2.14 bits per heavy atom. The van der Waals surface area contributed by atoms with Crippen molar-refractivity contribution in [3.8, 4) is 0 Å². The fourth-order valence-corrected chi connectivity index (χ4v) is 2.24. The SMILES string of the molecule is Cc1nc2ccccc2c(=O)n1CCCC(=O)NCCN. The van der Waals surface area contributed by atoms with Gasteiger partial charge in [-0.05, 0) is 25.5 Å². The van der Waals surface area contributed by atoms with Crippen LogP contribution in [0.15, 0.2) is 29.1 Å². The highest BCUT2D eigenvalue weighted by atomic mass is 16.1. The van der Waals surface area contributed by atoms with Crippen LogP contribution < -0.4 is 16.6 Å². The molecule has 2 aromatic rings. The Balaban J connectivity index is 2.09. The van der Waals surface area contributed by atoms with Crippen molar-refractivity contribution in [2.24, 2.45) is 5.73 Å². The van der Waals surface area contributed by atoms with E-state index in [1.165, 1.54) is 0 Å². The van der Waals surface area contributed by atoms with Gasteiger partial charge in [-0.1, -0.05) is 12.1 Å². The average Bonchev–Trinajstić information content (AvgIpc) is 2.48. The smallest absolute Gasteiger partial charge is 0.261 e. The first-order chi connectivity index (χ1) is 10.1. The summed E-state index contributed by atoms with van der Waals surface area (Å²) in [6.45, 7) is 3.20.